The van der Waals surface area contributed by atoms with Crippen LogP contribution in [-0.2, 0) is 0 Å². The number of nitrogens with zero attached hydrogens (tertiary/aromatic N) is 1. The Bertz CT molecular complexity index is 592. The van der Waals surface area contributed by atoms with E-state index in [2.05, 4.69) is 0 Å². The second-order valence-corrected chi connectivity index (χ2v) is 5.48. The van der Waals surface area contributed by atoms with E-state index < -0.39 is 4.92 Å². The molecular formula is C14H12ClNO3S. The van der Waals surface area contributed by atoms with Crippen LogP contribution in [-0.4, -0.2) is 17.3 Å². The Morgan fingerprint density at radius 1 is 1.20 bits per heavy atom. The first-order valence-corrected chi connectivity index (χ1v) is 7.28. The van der Waals surface area contributed by atoms with Crippen LogP contribution in [0.2, 0.25) is 5.02 Å². The fourth-order valence-electron chi connectivity index (χ4n) is 1.58. The quantitative estimate of drug-likeness (QED) is 0.343. The first-order chi connectivity index (χ1) is 9.66. The zero-order chi connectivity index (χ0) is 14.4. The van der Waals surface area contributed by atoms with Gasteiger partial charge >= 0.3 is 5.69 Å². The molecule has 0 saturated heterocycles. The number of rotatable bonds is 6. The molecule has 0 heterocycles. The number of ether oxygens (including phenoxy) is 1. The molecule has 0 saturated carbocycles. The second-order valence-electron chi connectivity index (χ2n) is 3.88. The lowest BCUT2D eigenvalue weighted by atomic mass is 10.3. The van der Waals surface area contributed by atoms with Crippen LogP contribution in [0.5, 0.6) is 5.75 Å². The molecule has 0 fully saturated rings. The van der Waals surface area contributed by atoms with Gasteiger partial charge in [0.2, 0.25) is 0 Å². The van der Waals surface area contributed by atoms with Crippen LogP contribution in [0.15, 0.2) is 53.4 Å². The van der Waals surface area contributed by atoms with E-state index in [1.807, 2.05) is 30.3 Å². The van der Waals surface area contributed by atoms with Crippen molar-refractivity contribution in [3.8, 4) is 5.75 Å². The summed E-state index contributed by atoms with van der Waals surface area (Å²) in [5.74, 6) is 0.907. The number of nitro benzene ring substituents is 1. The van der Waals surface area contributed by atoms with Crippen molar-refractivity contribution in [3.05, 3.63) is 63.7 Å². The highest BCUT2D eigenvalue weighted by Crippen LogP contribution is 2.30. The summed E-state index contributed by atoms with van der Waals surface area (Å²) in [6.07, 6.45) is 0. The van der Waals surface area contributed by atoms with Gasteiger partial charge in [-0.05, 0) is 18.2 Å². The number of nitro groups is 1. The molecule has 6 heteroatoms. The van der Waals surface area contributed by atoms with Gasteiger partial charge in [-0.15, -0.1) is 11.8 Å². The van der Waals surface area contributed by atoms with Gasteiger partial charge in [0.05, 0.1) is 11.5 Å². The molecular weight excluding hydrogens is 298 g/mol. The van der Waals surface area contributed by atoms with Gasteiger partial charge in [-0.2, -0.15) is 0 Å². The van der Waals surface area contributed by atoms with Crippen LogP contribution in [0, 0.1) is 10.1 Å². The van der Waals surface area contributed by atoms with Gasteiger partial charge in [0.1, 0.15) is 0 Å². The maximum Gasteiger partial charge on any atom is 0.311 e. The summed E-state index contributed by atoms with van der Waals surface area (Å²) in [6.45, 7) is 0.376. The number of hydrogen-bond donors (Lipinski definition) is 0. The molecule has 0 aliphatic heterocycles. The number of hydrogen-bond acceptors (Lipinski definition) is 4. The van der Waals surface area contributed by atoms with Gasteiger partial charge in [-0.1, -0.05) is 29.8 Å². The molecule has 0 aliphatic carbocycles. The Morgan fingerprint density at radius 3 is 2.65 bits per heavy atom. The third kappa shape index (κ3) is 4.15. The summed E-state index contributed by atoms with van der Waals surface area (Å²) in [7, 11) is 0. The van der Waals surface area contributed by atoms with Gasteiger partial charge in [0, 0.05) is 27.8 Å². The van der Waals surface area contributed by atoms with Crippen LogP contribution in [0.4, 0.5) is 5.69 Å². The molecule has 0 amide bonds. The largest absolute Gasteiger partial charge is 0.486 e. The van der Waals surface area contributed by atoms with E-state index in [1.54, 1.807) is 11.8 Å². The van der Waals surface area contributed by atoms with Gasteiger partial charge in [0.25, 0.3) is 0 Å². The summed E-state index contributed by atoms with van der Waals surface area (Å²) >= 11 is 7.45. The average Bonchev–Trinajstić information content (AvgIpc) is 2.44. The minimum absolute atomic E-state index is 0.0703. The monoisotopic (exact) mass is 309 g/mol. The summed E-state index contributed by atoms with van der Waals surface area (Å²) in [4.78, 5) is 11.5. The molecule has 0 atom stereocenters. The van der Waals surface area contributed by atoms with Gasteiger partial charge < -0.3 is 4.74 Å². The third-order valence-corrected chi connectivity index (χ3v) is 3.68. The first-order valence-electron chi connectivity index (χ1n) is 5.91. The van der Waals surface area contributed by atoms with Crippen molar-refractivity contribution in [2.24, 2.45) is 0 Å². The number of benzene rings is 2. The average molecular weight is 310 g/mol. The van der Waals surface area contributed by atoms with Crippen LogP contribution in [0.3, 0.4) is 0 Å². The lowest BCUT2D eigenvalue weighted by Crippen LogP contribution is -2.02. The first kappa shape index (κ1) is 14.7. The van der Waals surface area contributed by atoms with Gasteiger partial charge in [-0.3, -0.25) is 10.1 Å². The van der Waals surface area contributed by atoms with E-state index in [0.29, 0.717) is 17.4 Å². The molecule has 4 nitrogen and oxygen atoms in total. The SMILES string of the molecule is O=[N+]([O-])c1ccc(Cl)cc1OCCSc1ccccc1. The molecule has 0 radical (unpaired) electrons. The highest BCUT2D eigenvalue weighted by Gasteiger charge is 2.15. The molecule has 0 aliphatic rings. The van der Waals surface area contributed by atoms with Crippen molar-refractivity contribution in [1.82, 2.24) is 0 Å². The normalized spacial score (nSPS) is 10.2. The Balaban J connectivity index is 1.91. The van der Waals surface area contributed by atoms with Crippen LogP contribution >= 0.6 is 23.4 Å². The van der Waals surface area contributed by atoms with Crippen molar-refractivity contribution in [2.45, 2.75) is 4.90 Å². The summed E-state index contributed by atoms with van der Waals surface area (Å²) < 4.78 is 5.45. The zero-order valence-electron chi connectivity index (χ0n) is 10.5. The summed E-state index contributed by atoms with van der Waals surface area (Å²) in [5, 5.41) is 11.3. The lowest BCUT2D eigenvalue weighted by molar-refractivity contribution is -0.385. The Labute approximate surface area is 125 Å². The maximum atomic E-state index is 10.9. The summed E-state index contributed by atoms with van der Waals surface area (Å²) in [5.41, 5.74) is -0.0703. The number of halogens is 1. The topological polar surface area (TPSA) is 52.4 Å². The number of thioether (sulfide) groups is 1. The molecule has 2 rings (SSSR count). The van der Waals surface area contributed by atoms with Gasteiger partial charge in [-0.25, -0.2) is 0 Å². The minimum atomic E-state index is -0.476. The van der Waals surface area contributed by atoms with Gasteiger partial charge in [0.15, 0.2) is 5.75 Å². The van der Waals surface area contributed by atoms with Crippen molar-refractivity contribution in [1.29, 1.82) is 0 Å². The van der Waals surface area contributed by atoms with Crippen LogP contribution in [0.25, 0.3) is 0 Å². The van der Waals surface area contributed by atoms with Crippen molar-refractivity contribution >= 4 is 29.1 Å². The minimum Gasteiger partial charge on any atom is -0.486 e. The summed E-state index contributed by atoms with van der Waals surface area (Å²) in [6, 6.07) is 14.2. The molecule has 0 bridgehead atoms. The molecule has 2 aromatic rings. The standard InChI is InChI=1S/C14H12ClNO3S/c15-11-6-7-13(16(17)18)14(10-11)19-8-9-20-12-4-2-1-3-5-12/h1-7,10H,8-9H2. The highest BCUT2D eigenvalue weighted by atomic mass is 35.5. The van der Waals surface area contributed by atoms with Crippen LogP contribution < -0.4 is 4.74 Å². The van der Waals surface area contributed by atoms with E-state index in [9.17, 15) is 10.1 Å². The van der Waals surface area contributed by atoms with E-state index >= 15 is 0 Å². The molecule has 0 spiro atoms. The van der Waals surface area contributed by atoms with Crippen molar-refractivity contribution < 1.29 is 9.66 Å². The van der Waals surface area contributed by atoms with Crippen molar-refractivity contribution in [3.63, 3.8) is 0 Å². The fourth-order valence-corrected chi connectivity index (χ4v) is 2.50. The third-order valence-electron chi connectivity index (χ3n) is 2.47. The highest BCUT2D eigenvalue weighted by molar-refractivity contribution is 7.99. The second kappa shape index (κ2) is 7.17. The lowest BCUT2D eigenvalue weighted by Gasteiger charge is -2.07. The van der Waals surface area contributed by atoms with E-state index in [-0.39, 0.29) is 11.4 Å². The van der Waals surface area contributed by atoms with Crippen LogP contribution in [0.1, 0.15) is 0 Å². The van der Waals surface area contributed by atoms with E-state index in [1.165, 1.54) is 18.2 Å². The molecule has 0 unspecified atom stereocenters. The Hall–Kier alpha value is -1.72. The zero-order valence-corrected chi connectivity index (χ0v) is 12.1. The van der Waals surface area contributed by atoms with E-state index in [0.717, 1.165) is 4.90 Å². The smallest absolute Gasteiger partial charge is 0.311 e. The molecule has 20 heavy (non-hydrogen) atoms. The molecule has 0 aromatic heterocycles. The molecule has 2 aromatic carbocycles. The predicted molar refractivity (Wildman–Crippen MR) is 80.8 cm³/mol. The maximum absolute atomic E-state index is 10.9. The Kier molecular flexibility index (Phi) is 5.26. The molecule has 0 N–H and O–H groups in total. The Morgan fingerprint density at radius 2 is 1.95 bits per heavy atom. The van der Waals surface area contributed by atoms with Crippen molar-refractivity contribution in [2.75, 3.05) is 12.4 Å². The van der Waals surface area contributed by atoms with E-state index in [4.69, 9.17) is 16.3 Å². The predicted octanol–water partition coefficient (Wildman–Crippen LogP) is 4.42. The molecule has 104 valence electrons. The fraction of sp³-hybridized carbons (Fsp3) is 0.143.